The van der Waals surface area contributed by atoms with Crippen molar-refractivity contribution >= 4 is 11.4 Å². The number of hydrogen-bond donors (Lipinski definition) is 2. The third kappa shape index (κ3) is 3.04. The predicted octanol–water partition coefficient (Wildman–Crippen LogP) is 3.54. The second kappa shape index (κ2) is 5.58. The SMILES string of the molecule is Cc1ccc(NCCc2ccccc2C)c(N)c1. The molecule has 18 heavy (non-hydrogen) atoms. The van der Waals surface area contributed by atoms with Crippen LogP contribution in [0.15, 0.2) is 42.5 Å². The van der Waals surface area contributed by atoms with Crippen LogP contribution < -0.4 is 11.1 Å². The first-order valence-corrected chi connectivity index (χ1v) is 6.31. The number of nitrogens with two attached hydrogens (primary N) is 1. The first kappa shape index (κ1) is 12.5. The van der Waals surface area contributed by atoms with E-state index in [1.54, 1.807) is 0 Å². The normalized spacial score (nSPS) is 10.3. The van der Waals surface area contributed by atoms with Gasteiger partial charge in [-0.05, 0) is 49.1 Å². The van der Waals surface area contributed by atoms with E-state index in [2.05, 4.69) is 42.6 Å². The zero-order valence-electron chi connectivity index (χ0n) is 11.0. The molecule has 2 aromatic rings. The molecule has 3 N–H and O–H groups in total. The fourth-order valence-corrected chi connectivity index (χ4v) is 2.07. The monoisotopic (exact) mass is 240 g/mol. The highest BCUT2D eigenvalue weighted by molar-refractivity contribution is 5.66. The van der Waals surface area contributed by atoms with Gasteiger partial charge in [0.15, 0.2) is 0 Å². The van der Waals surface area contributed by atoms with Crippen molar-refractivity contribution < 1.29 is 0 Å². The lowest BCUT2D eigenvalue weighted by atomic mass is 10.1. The van der Waals surface area contributed by atoms with Crippen molar-refractivity contribution in [3.8, 4) is 0 Å². The summed E-state index contributed by atoms with van der Waals surface area (Å²) in [5, 5.41) is 3.39. The van der Waals surface area contributed by atoms with Crippen molar-refractivity contribution in [2.45, 2.75) is 20.3 Å². The Bertz CT molecular complexity index is 532. The average molecular weight is 240 g/mol. The molecule has 94 valence electrons. The summed E-state index contributed by atoms with van der Waals surface area (Å²) in [6.07, 6.45) is 1.01. The van der Waals surface area contributed by atoms with Gasteiger partial charge in [0.1, 0.15) is 0 Å². The van der Waals surface area contributed by atoms with Gasteiger partial charge in [-0.15, -0.1) is 0 Å². The molecular formula is C16H20N2. The van der Waals surface area contributed by atoms with Crippen molar-refractivity contribution in [1.29, 1.82) is 0 Å². The largest absolute Gasteiger partial charge is 0.397 e. The highest BCUT2D eigenvalue weighted by Crippen LogP contribution is 2.19. The molecule has 0 aliphatic heterocycles. The Morgan fingerprint density at radius 3 is 2.56 bits per heavy atom. The van der Waals surface area contributed by atoms with Gasteiger partial charge in [-0.1, -0.05) is 30.3 Å². The van der Waals surface area contributed by atoms with Crippen LogP contribution in [0.3, 0.4) is 0 Å². The topological polar surface area (TPSA) is 38.0 Å². The molecule has 2 aromatic carbocycles. The third-order valence-corrected chi connectivity index (χ3v) is 3.18. The Hall–Kier alpha value is -1.96. The van der Waals surface area contributed by atoms with E-state index >= 15 is 0 Å². The summed E-state index contributed by atoms with van der Waals surface area (Å²) < 4.78 is 0. The minimum absolute atomic E-state index is 0.819. The fraction of sp³-hybridized carbons (Fsp3) is 0.250. The molecule has 0 amide bonds. The standard InChI is InChI=1S/C16H20N2/c1-12-7-8-16(15(17)11-12)18-10-9-14-6-4-3-5-13(14)2/h3-8,11,18H,9-10,17H2,1-2H3. The first-order valence-electron chi connectivity index (χ1n) is 6.31. The molecule has 2 rings (SSSR count). The fourth-order valence-electron chi connectivity index (χ4n) is 2.07. The van der Waals surface area contributed by atoms with Gasteiger partial charge in [-0.2, -0.15) is 0 Å². The predicted molar refractivity (Wildman–Crippen MR) is 79.0 cm³/mol. The van der Waals surface area contributed by atoms with Crippen LogP contribution in [0.4, 0.5) is 11.4 Å². The Labute approximate surface area is 109 Å². The Morgan fingerprint density at radius 2 is 1.83 bits per heavy atom. The van der Waals surface area contributed by atoms with Crippen molar-refractivity contribution in [3.63, 3.8) is 0 Å². The van der Waals surface area contributed by atoms with Gasteiger partial charge >= 0.3 is 0 Å². The summed E-state index contributed by atoms with van der Waals surface area (Å²) in [6, 6.07) is 14.6. The van der Waals surface area contributed by atoms with Gasteiger partial charge in [0.05, 0.1) is 11.4 Å². The van der Waals surface area contributed by atoms with Crippen molar-refractivity contribution in [2.24, 2.45) is 0 Å². The van der Waals surface area contributed by atoms with Crippen LogP contribution in [0.2, 0.25) is 0 Å². The summed E-state index contributed by atoms with van der Waals surface area (Å²) in [5.41, 5.74) is 11.7. The molecule has 0 atom stereocenters. The van der Waals surface area contributed by atoms with Crippen molar-refractivity contribution in [1.82, 2.24) is 0 Å². The van der Waals surface area contributed by atoms with E-state index in [1.807, 2.05) is 19.1 Å². The molecule has 0 heterocycles. The molecule has 0 unspecified atom stereocenters. The highest BCUT2D eigenvalue weighted by atomic mass is 14.9. The van der Waals surface area contributed by atoms with Gasteiger partial charge in [0.25, 0.3) is 0 Å². The molecule has 0 fully saturated rings. The lowest BCUT2D eigenvalue weighted by molar-refractivity contribution is 1.01. The number of benzene rings is 2. The van der Waals surface area contributed by atoms with E-state index in [1.165, 1.54) is 16.7 Å². The van der Waals surface area contributed by atoms with Crippen LogP contribution in [-0.2, 0) is 6.42 Å². The maximum absolute atomic E-state index is 5.97. The lowest BCUT2D eigenvalue weighted by Crippen LogP contribution is -2.07. The Morgan fingerprint density at radius 1 is 1.06 bits per heavy atom. The summed E-state index contributed by atoms with van der Waals surface area (Å²) in [6.45, 7) is 5.10. The summed E-state index contributed by atoms with van der Waals surface area (Å²) >= 11 is 0. The molecule has 0 aromatic heterocycles. The van der Waals surface area contributed by atoms with Gasteiger partial charge in [-0.25, -0.2) is 0 Å². The number of rotatable bonds is 4. The Kier molecular flexibility index (Phi) is 3.88. The van der Waals surface area contributed by atoms with Crippen LogP contribution in [0.1, 0.15) is 16.7 Å². The minimum atomic E-state index is 0.819. The minimum Gasteiger partial charge on any atom is -0.397 e. The van der Waals surface area contributed by atoms with Crippen LogP contribution in [0, 0.1) is 13.8 Å². The van der Waals surface area contributed by atoms with Gasteiger partial charge in [0, 0.05) is 6.54 Å². The molecule has 0 saturated carbocycles. The lowest BCUT2D eigenvalue weighted by Gasteiger charge is -2.11. The molecule has 0 aliphatic rings. The Balaban J connectivity index is 1.95. The van der Waals surface area contributed by atoms with E-state index in [9.17, 15) is 0 Å². The summed E-state index contributed by atoms with van der Waals surface area (Å²) in [7, 11) is 0. The van der Waals surface area contributed by atoms with Crippen LogP contribution in [0.25, 0.3) is 0 Å². The third-order valence-electron chi connectivity index (χ3n) is 3.18. The number of anilines is 2. The summed E-state index contributed by atoms with van der Waals surface area (Å²) in [4.78, 5) is 0. The number of nitrogen functional groups attached to an aromatic ring is 1. The molecule has 0 spiro atoms. The first-order chi connectivity index (χ1) is 8.66. The second-order valence-corrected chi connectivity index (χ2v) is 4.69. The van der Waals surface area contributed by atoms with Crippen LogP contribution >= 0.6 is 0 Å². The van der Waals surface area contributed by atoms with E-state index in [-0.39, 0.29) is 0 Å². The van der Waals surface area contributed by atoms with E-state index in [0.29, 0.717) is 0 Å². The maximum Gasteiger partial charge on any atom is 0.0574 e. The van der Waals surface area contributed by atoms with Crippen LogP contribution in [-0.4, -0.2) is 6.54 Å². The van der Waals surface area contributed by atoms with E-state index in [0.717, 1.165) is 24.3 Å². The molecule has 2 heteroatoms. The molecule has 0 bridgehead atoms. The summed E-state index contributed by atoms with van der Waals surface area (Å²) in [5.74, 6) is 0. The van der Waals surface area contributed by atoms with Crippen molar-refractivity contribution in [2.75, 3.05) is 17.6 Å². The number of aryl methyl sites for hydroxylation is 2. The zero-order chi connectivity index (χ0) is 13.0. The quantitative estimate of drug-likeness (QED) is 0.802. The molecule has 0 aliphatic carbocycles. The van der Waals surface area contributed by atoms with Crippen LogP contribution in [0.5, 0.6) is 0 Å². The highest BCUT2D eigenvalue weighted by Gasteiger charge is 2.00. The molecular weight excluding hydrogens is 220 g/mol. The molecule has 2 nitrogen and oxygen atoms in total. The molecule has 0 radical (unpaired) electrons. The van der Waals surface area contributed by atoms with E-state index in [4.69, 9.17) is 5.73 Å². The van der Waals surface area contributed by atoms with E-state index < -0.39 is 0 Å². The number of nitrogens with one attached hydrogen (secondary N) is 1. The maximum atomic E-state index is 5.97. The second-order valence-electron chi connectivity index (χ2n) is 4.69. The van der Waals surface area contributed by atoms with Gasteiger partial charge < -0.3 is 11.1 Å². The van der Waals surface area contributed by atoms with Gasteiger partial charge in [-0.3, -0.25) is 0 Å². The van der Waals surface area contributed by atoms with Crippen molar-refractivity contribution in [3.05, 3.63) is 59.2 Å². The average Bonchev–Trinajstić information content (AvgIpc) is 2.34. The number of hydrogen-bond acceptors (Lipinski definition) is 2. The smallest absolute Gasteiger partial charge is 0.0574 e. The molecule has 0 saturated heterocycles. The zero-order valence-corrected chi connectivity index (χ0v) is 11.0. The van der Waals surface area contributed by atoms with Gasteiger partial charge in [0.2, 0.25) is 0 Å².